The summed E-state index contributed by atoms with van der Waals surface area (Å²) in [5.74, 6) is -0.186. The van der Waals surface area contributed by atoms with Crippen LogP contribution in [-0.2, 0) is 6.54 Å². The number of hydrogen-bond acceptors (Lipinski definition) is 5. The number of pyridine rings is 1. The van der Waals surface area contributed by atoms with Gasteiger partial charge in [0.2, 0.25) is 0 Å². The third-order valence-corrected chi connectivity index (χ3v) is 6.43. The van der Waals surface area contributed by atoms with E-state index in [-0.39, 0.29) is 11.5 Å². The number of H-pyrrole nitrogens is 1. The van der Waals surface area contributed by atoms with Gasteiger partial charge in [-0.3, -0.25) is 19.5 Å². The van der Waals surface area contributed by atoms with Crippen LogP contribution >= 0.6 is 11.6 Å². The molecule has 0 unspecified atom stereocenters. The quantitative estimate of drug-likeness (QED) is 0.485. The molecule has 9 heteroatoms. The largest absolute Gasteiger partial charge is 0.354 e. The standard InChI is InChI=1S/C24H23ClN6O2/c1-14-9-21-20(29-24(33)22-18(25)12-28-31(21)22)10-17(14)13-30-7-5-15(6-8-30)16-3-4-19(27-11-16)23(32)26-2/h3-5,9-12H,6-8,13H2,1-2H3,(H,26,32)(H,29,33). The lowest BCUT2D eigenvalue weighted by molar-refractivity contribution is 0.0958. The highest BCUT2D eigenvalue weighted by Crippen LogP contribution is 2.25. The summed E-state index contributed by atoms with van der Waals surface area (Å²) in [7, 11) is 1.60. The third-order valence-electron chi connectivity index (χ3n) is 6.15. The van der Waals surface area contributed by atoms with Crippen LogP contribution in [0.25, 0.3) is 22.1 Å². The zero-order valence-electron chi connectivity index (χ0n) is 18.4. The Hall–Kier alpha value is -3.49. The molecule has 1 aliphatic rings. The van der Waals surface area contributed by atoms with Gasteiger partial charge in [-0.25, -0.2) is 4.52 Å². The van der Waals surface area contributed by atoms with Crippen LogP contribution in [0.15, 0.2) is 47.5 Å². The maximum atomic E-state index is 12.5. The molecule has 2 N–H and O–H groups in total. The molecule has 0 saturated heterocycles. The van der Waals surface area contributed by atoms with Crippen LogP contribution < -0.4 is 10.9 Å². The van der Waals surface area contributed by atoms with Gasteiger partial charge >= 0.3 is 0 Å². The maximum Gasteiger partial charge on any atom is 0.276 e. The fraction of sp³-hybridized carbons (Fsp3) is 0.250. The van der Waals surface area contributed by atoms with E-state index in [1.54, 1.807) is 23.8 Å². The predicted molar refractivity (Wildman–Crippen MR) is 129 cm³/mol. The second-order valence-corrected chi connectivity index (χ2v) is 8.64. The highest BCUT2D eigenvalue weighted by atomic mass is 35.5. The average molecular weight is 463 g/mol. The van der Waals surface area contributed by atoms with Gasteiger partial charge in [0.05, 0.1) is 22.3 Å². The maximum absolute atomic E-state index is 12.5. The molecule has 8 nitrogen and oxygen atoms in total. The summed E-state index contributed by atoms with van der Waals surface area (Å²) in [6, 6.07) is 7.78. The lowest BCUT2D eigenvalue weighted by Crippen LogP contribution is -2.28. The van der Waals surface area contributed by atoms with Crippen LogP contribution in [0.1, 0.15) is 33.6 Å². The molecule has 33 heavy (non-hydrogen) atoms. The highest BCUT2D eigenvalue weighted by Gasteiger charge is 2.17. The number of carbonyl (C=O) groups excluding carboxylic acids is 1. The predicted octanol–water partition coefficient (Wildman–Crippen LogP) is 3.18. The molecule has 0 bridgehead atoms. The Kier molecular flexibility index (Phi) is 5.47. The summed E-state index contributed by atoms with van der Waals surface area (Å²) in [4.78, 5) is 33.7. The number of benzene rings is 1. The Bertz CT molecular complexity index is 1470. The Morgan fingerprint density at radius 1 is 1.27 bits per heavy atom. The van der Waals surface area contributed by atoms with Crippen molar-refractivity contribution in [2.45, 2.75) is 19.9 Å². The first-order valence-electron chi connectivity index (χ1n) is 10.7. The first-order chi connectivity index (χ1) is 15.9. The molecule has 168 valence electrons. The lowest BCUT2D eigenvalue weighted by atomic mass is 9.99. The summed E-state index contributed by atoms with van der Waals surface area (Å²) in [6.07, 6.45) is 6.37. The van der Waals surface area contributed by atoms with Crippen molar-refractivity contribution >= 4 is 39.6 Å². The molecule has 0 aliphatic carbocycles. The first-order valence-corrected chi connectivity index (χ1v) is 11.1. The molecular weight excluding hydrogens is 440 g/mol. The average Bonchev–Trinajstić information content (AvgIpc) is 3.23. The van der Waals surface area contributed by atoms with Crippen molar-refractivity contribution in [3.8, 4) is 0 Å². The number of amides is 1. The Morgan fingerprint density at radius 3 is 2.82 bits per heavy atom. The van der Waals surface area contributed by atoms with Crippen LogP contribution in [0.2, 0.25) is 5.02 Å². The zero-order valence-corrected chi connectivity index (χ0v) is 19.1. The van der Waals surface area contributed by atoms with E-state index in [9.17, 15) is 9.59 Å². The summed E-state index contributed by atoms with van der Waals surface area (Å²) in [6.45, 7) is 4.57. The van der Waals surface area contributed by atoms with Crippen molar-refractivity contribution in [3.63, 3.8) is 0 Å². The molecule has 0 spiro atoms. The molecule has 1 aliphatic heterocycles. The molecule has 4 aromatic rings. The Labute approximate surface area is 194 Å². The van der Waals surface area contributed by atoms with E-state index in [4.69, 9.17) is 11.6 Å². The van der Waals surface area contributed by atoms with Gasteiger partial charge in [0, 0.05) is 32.9 Å². The fourth-order valence-corrected chi connectivity index (χ4v) is 4.49. The summed E-state index contributed by atoms with van der Waals surface area (Å²) in [5.41, 5.74) is 6.66. The van der Waals surface area contributed by atoms with E-state index in [0.29, 0.717) is 16.2 Å². The summed E-state index contributed by atoms with van der Waals surface area (Å²) in [5, 5.41) is 7.20. The molecular formula is C24H23ClN6O2. The molecule has 0 saturated carbocycles. The van der Waals surface area contributed by atoms with Gasteiger partial charge < -0.3 is 10.3 Å². The second-order valence-electron chi connectivity index (χ2n) is 8.23. The number of aromatic nitrogens is 4. The monoisotopic (exact) mass is 462 g/mol. The molecule has 0 fully saturated rings. The third kappa shape index (κ3) is 3.92. The van der Waals surface area contributed by atoms with Crippen molar-refractivity contribution in [2.75, 3.05) is 20.1 Å². The van der Waals surface area contributed by atoms with E-state index >= 15 is 0 Å². The van der Waals surface area contributed by atoms with E-state index in [1.807, 2.05) is 18.2 Å². The van der Waals surface area contributed by atoms with E-state index in [1.165, 1.54) is 11.8 Å². The molecule has 0 atom stereocenters. The fourth-order valence-electron chi connectivity index (χ4n) is 4.28. The number of halogens is 1. The minimum absolute atomic E-state index is 0.186. The van der Waals surface area contributed by atoms with Gasteiger partial charge in [0.1, 0.15) is 5.69 Å². The topological polar surface area (TPSA) is 95.4 Å². The summed E-state index contributed by atoms with van der Waals surface area (Å²) >= 11 is 6.13. The van der Waals surface area contributed by atoms with Gasteiger partial charge in [0.25, 0.3) is 11.5 Å². The molecule has 5 rings (SSSR count). The van der Waals surface area contributed by atoms with Crippen molar-refractivity contribution in [2.24, 2.45) is 0 Å². The van der Waals surface area contributed by atoms with Crippen LogP contribution in [0.5, 0.6) is 0 Å². The number of nitrogens with one attached hydrogen (secondary N) is 2. The lowest BCUT2D eigenvalue weighted by Gasteiger charge is -2.27. The first kappa shape index (κ1) is 21.4. The van der Waals surface area contributed by atoms with Gasteiger partial charge in [-0.05, 0) is 53.8 Å². The number of aryl methyl sites for hydroxylation is 1. The number of carbonyl (C=O) groups is 1. The van der Waals surface area contributed by atoms with Crippen LogP contribution in [-0.4, -0.2) is 50.5 Å². The van der Waals surface area contributed by atoms with Crippen LogP contribution in [0, 0.1) is 6.92 Å². The van der Waals surface area contributed by atoms with Crippen molar-refractivity contribution < 1.29 is 4.79 Å². The minimum atomic E-state index is -0.249. The molecule has 1 aromatic carbocycles. The second kappa shape index (κ2) is 8.46. The van der Waals surface area contributed by atoms with Gasteiger partial charge in [-0.2, -0.15) is 5.10 Å². The van der Waals surface area contributed by atoms with E-state index in [2.05, 4.69) is 38.3 Å². The van der Waals surface area contributed by atoms with Gasteiger partial charge in [-0.1, -0.05) is 23.7 Å². The molecule has 4 heterocycles. The van der Waals surface area contributed by atoms with Gasteiger partial charge in [0.15, 0.2) is 5.52 Å². The zero-order chi connectivity index (χ0) is 23.1. The number of fused-ring (bicyclic) bond motifs is 3. The number of nitrogens with zero attached hydrogens (tertiary/aromatic N) is 4. The molecule has 3 aromatic heterocycles. The number of rotatable bonds is 4. The SMILES string of the molecule is CNC(=O)c1ccc(C2=CCN(Cc3cc4[nH]c(=O)c5c(Cl)cnn5c4cc3C)CC2)cn1. The van der Waals surface area contributed by atoms with E-state index in [0.717, 1.165) is 53.8 Å². The van der Waals surface area contributed by atoms with E-state index < -0.39 is 0 Å². The minimum Gasteiger partial charge on any atom is -0.354 e. The molecule has 1 amide bonds. The summed E-state index contributed by atoms with van der Waals surface area (Å²) < 4.78 is 1.60. The van der Waals surface area contributed by atoms with Crippen LogP contribution in [0.4, 0.5) is 0 Å². The molecule has 0 radical (unpaired) electrons. The normalized spacial score (nSPS) is 14.6. The Balaban J connectivity index is 1.36. The smallest absolute Gasteiger partial charge is 0.276 e. The van der Waals surface area contributed by atoms with Gasteiger partial charge in [-0.15, -0.1) is 0 Å². The van der Waals surface area contributed by atoms with Crippen molar-refractivity contribution in [1.82, 2.24) is 29.8 Å². The highest BCUT2D eigenvalue weighted by molar-refractivity contribution is 6.33. The van der Waals surface area contributed by atoms with Crippen LogP contribution in [0.3, 0.4) is 0 Å². The number of aromatic amines is 1. The van der Waals surface area contributed by atoms with Crippen molar-refractivity contribution in [3.05, 3.63) is 80.5 Å². The number of hydrogen-bond donors (Lipinski definition) is 2. The Morgan fingerprint density at radius 2 is 2.12 bits per heavy atom. The van der Waals surface area contributed by atoms with Crippen molar-refractivity contribution in [1.29, 1.82) is 0 Å².